The van der Waals surface area contributed by atoms with Gasteiger partial charge < -0.3 is 20.6 Å². The van der Waals surface area contributed by atoms with Gasteiger partial charge in [0.15, 0.2) is 0 Å². The van der Waals surface area contributed by atoms with Crippen LogP contribution in [0.4, 0.5) is 15.0 Å². The van der Waals surface area contributed by atoms with Gasteiger partial charge in [0.25, 0.3) is 5.91 Å². The average Bonchev–Trinajstić information content (AvgIpc) is 3.08. The summed E-state index contributed by atoms with van der Waals surface area (Å²) < 4.78 is 14.1. The molecule has 1 aromatic carbocycles. The fraction of sp³-hybridized carbons (Fsp3) is 0.300. The van der Waals surface area contributed by atoms with Crippen LogP contribution in [0, 0.1) is 17.1 Å². The smallest absolute Gasteiger partial charge is 0.404 e. The van der Waals surface area contributed by atoms with E-state index in [1.807, 2.05) is 4.90 Å². The van der Waals surface area contributed by atoms with Crippen LogP contribution in [0.3, 0.4) is 0 Å². The van der Waals surface area contributed by atoms with Gasteiger partial charge in [-0.15, -0.1) is 0 Å². The van der Waals surface area contributed by atoms with Gasteiger partial charge in [-0.1, -0.05) is 6.07 Å². The summed E-state index contributed by atoms with van der Waals surface area (Å²) >= 11 is 0. The summed E-state index contributed by atoms with van der Waals surface area (Å²) in [4.78, 5) is 29.8. The molecule has 1 aromatic heterocycles. The van der Waals surface area contributed by atoms with Crippen LogP contribution >= 0.6 is 0 Å². The van der Waals surface area contributed by atoms with E-state index in [2.05, 4.69) is 15.6 Å². The second kappa shape index (κ2) is 7.39. The number of aromatic nitrogens is 1. The van der Waals surface area contributed by atoms with Crippen LogP contribution in [0.2, 0.25) is 0 Å². The average molecular weight is 395 g/mol. The molecule has 4 rings (SSSR count). The first-order valence-corrected chi connectivity index (χ1v) is 9.23. The minimum atomic E-state index is -1.05. The number of amides is 2. The van der Waals surface area contributed by atoms with Gasteiger partial charge in [0.1, 0.15) is 17.7 Å². The topological polar surface area (TPSA) is 118 Å². The number of benzene rings is 1. The van der Waals surface area contributed by atoms with Crippen molar-refractivity contribution in [1.82, 2.24) is 15.6 Å². The highest BCUT2D eigenvalue weighted by Gasteiger charge is 2.30. The highest BCUT2D eigenvalue weighted by Crippen LogP contribution is 2.32. The summed E-state index contributed by atoms with van der Waals surface area (Å²) in [6, 6.07) is 7.73. The molecule has 0 saturated carbocycles. The molecule has 1 fully saturated rings. The second-order valence-corrected chi connectivity index (χ2v) is 7.07. The molecule has 0 bridgehead atoms. The number of anilines is 1. The molecule has 3 heterocycles. The van der Waals surface area contributed by atoms with E-state index >= 15 is 0 Å². The largest absolute Gasteiger partial charge is 0.465 e. The van der Waals surface area contributed by atoms with E-state index in [1.54, 1.807) is 18.2 Å². The Bertz CT molecular complexity index is 1040. The zero-order valence-electron chi connectivity index (χ0n) is 15.4. The molecule has 3 N–H and O–H groups in total. The van der Waals surface area contributed by atoms with Crippen molar-refractivity contribution in [3.8, 4) is 17.3 Å². The zero-order valence-corrected chi connectivity index (χ0v) is 15.4. The number of hydrogen-bond donors (Lipinski definition) is 3. The third-order valence-corrected chi connectivity index (χ3v) is 5.26. The summed E-state index contributed by atoms with van der Waals surface area (Å²) in [6.45, 7) is 1.46. The highest BCUT2D eigenvalue weighted by molar-refractivity contribution is 6.03. The Kier molecular flexibility index (Phi) is 4.76. The standard InChI is InChI=1S/C20H18FN5O3/c21-15-7-11(1-2-12(15)9-22)16-8-13-10-23-19(27)17(13)18(25-16)26-5-3-14(4-6-26)24-20(28)29/h1-2,7-8,14,24H,3-6,10H2,(H,23,27)(H,28,29). The van der Waals surface area contributed by atoms with E-state index in [9.17, 15) is 14.0 Å². The van der Waals surface area contributed by atoms with Gasteiger partial charge in [-0.2, -0.15) is 5.26 Å². The number of halogens is 1. The highest BCUT2D eigenvalue weighted by atomic mass is 19.1. The number of nitriles is 1. The molecule has 8 nitrogen and oxygen atoms in total. The van der Waals surface area contributed by atoms with Crippen LogP contribution in [0.25, 0.3) is 11.3 Å². The summed E-state index contributed by atoms with van der Waals surface area (Å²) in [5.74, 6) is -0.305. The molecule has 29 heavy (non-hydrogen) atoms. The van der Waals surface area contributed by atoms with E-state index in [0.717, 1.165) is 5.56 Å². The first-order valence-electron chi connectivity index (χ1n) is 9.23. The lowest BCUT2D eigenvalue weighted by Gasteiger charge is -2.33. The predicted octanol–water partition coefficient (Wildman–Crippen LogP) is 2.24. The van der Waals surface area contributed by atoms with E-state index in [-0.39, 0.29) is 17.5 Å². The lowest BCUT2D eigenvalue weighted by atomic mass is 10.0. The lowest BCUT2D eigenvalue weighted by Crippen LogP contribution is -2.45. The van der Waals surface area contributed by atoms with Crippen molar-refractivity contribution >= 4 is 17.8 Å². The number of piperidine rings is 1. The monoisotopic (exact) mass is 395 g/mol. The number of nitrogens with one attached hydrogen (secondary N) is 2. The molecule has 2 aromatic rings. The number of rotatable bonds is 3. The molecule has 148 valence electrons. The Morgan fingerprint density at radius 3 is 2.76 bits per heavy atom. The predicted molar refractivity (Wildman–Crippen MR) is 102 cm³/mol. The Balaban J connectivity index is 1.69. The van der Waals surface area contributed by atoms with Crippen molar-refractivity contribution in [3.05, 3.63) is 46.8 Å². The van der Waals surface area contributed by atoms with Gasteiger partial charge in [-0.25, -0.2) is 14.2 Å². The van der Waals surface area contributed by atoms with Crippen LogP contribution in [0.15, 0.2) is 24.3 Å². The van der Waals surface area contributed by atoms with E-state index in [4.69, 9.17) is 10.4 Å². The van der Waals surface area contributed by atoms with Crippen molar-refractivity contribution in [2.45, 2.75) is 25.4 Å². The third-order valence-electron chi connectivity index (χ3n) is 5.26. The summed E-state index contributed by atoms with van der Waals surface area (Å²) in [7, 11) is 0. The molecule has 2 aliphatic heterocycles. The number of pyridine rings is 1. The summed E-state index contributed by atoms with van der Waals surface area (Å²) in [6.07, 6.45) is 0.145. The van der Waals surface area contributed by atoms with Gasteiger partial charge in [-0.3, -0.25) is 4.79 Å². The molecule has 0 unspecified atom stereocenters. The van der Waals surface area contributed by atoms with E-state index in [1.165, 1.54) is 12.1 Å². The minimum absolute atomic E-state index is 0.0417. The molecule has 0 aliphatic carbocycles. The number of nitrogens with zero attached hydrogens (tertiary/aromatic N) is 3. The molecule has 1 saturated heterocycles. The number of carboxylic acid groups (broad SMARTS) is 1. The van der Waals surface area contributed by atoms with Gasteiger partial charge in [0.05, 0.1) is 16.8 Å². The van der Waals surface area contributed by atoms with Crippen LogP contribution in [-0.2, 0) is 6.54 Å². The van der Waals surface area contributed by atoms with Gasteiger partial charge in [0, 0.05) is 31.2 Å². The van der Waals surface area contributed by atoms with Crippen molar-refractivity contribution < 1.29 is 19.1 Å². The SMILES string of the molecule is N#Cc1ccc(-c2cc3c(c(N4CCC(NC(=O)O)CC4)n2)C(=O)NC3)cc1F. The van der Waals surface area contributed by atoms with Crippen LogP contribution in [0.1, 0.15) is 34.3 Å². The Morgan fingerprint density at radius 2 is 2.10 bits per heavy atom. The minimum Gasteiger partial charge on any atom is -0.465 e. The third kappa shape index (κ3) is 3.57. The Labute approximate surface area is 166 Å². The van der Waals surface area contributed by atoms with Crippen molar-refractivity contribution in [2.75, 3.05) is 18.0 Å². The zero-order chi connectivity index (χ0) is 20.5. The molecular formula is C20H18FN5O3. The molecular weight excluding hydrogens is 377 g/mol. The molecule has 2 aliphatic rings. The van der Waals surface area contributed by atoms with Gasteiger partial charge in [-0.05, 0) is 36.6 Å². The Hall–Kier alpha value is -3.67. The fourth-order valence-corrected chi connectivity index (χ4v) is 3.79. The maximum absolute atomic E-state index is 14.1. The van der Waals surface area contributed by atoms with E-state index in [0.29, 0.717) is 55.1 Å². The summed E-state index contributed by atoms with van der Waals surface area (Å²) in [5, 5.41) is 23.1. The number of carbonyl (C=O) groups excluding carboxylic acids is 1. The fourth-order valence-electron chi connectivity index (χ4n) is 3.79. The van der Waals surface area contributed by atoms with Crippen LogP contribution < -0.4 is 15.5 Å². The molecule has 0 radical (unpaired) electrons. The molecule has 0 atom stereocenters. The summed E-state index contributed by atoms with van der Waals surface area (Å²) in [5.41, 5.74) is 2.29. The molecule has 9 heteroatoms. The lowest BCUT2D eigenvalue weighted by molar-refractivity contribution is 0.0966. The first-order chi connectivity index (χ1) is 14.0. The van der Waals surface area contributed by atoms with Crippen LogP contribution in [-0.4, -0.2) is 41.2 Å². The van der Waals surface area contributed by atoms with Crippen LogP contribution in [0.5, 0.6) is 0 Å². The maximum Gasteiger partial charge on any atom is 0.404 e. The van der Waals surface area contributed by atoms with Gasteiger partial charge >= 0.3 is 6.09 Å². The van der Waals surface area contributed by atoms with Crippen molar-refractivity contribution in [1.29, 1.82) is 5.26 Å². The molecule has 0 spiro atoms. The second-order valence-electron chi connectivity index (χ2n) is 7.07. The quantitative estimate of drug-likeness (QED) is 0.734. The molecule has 2 amide bonds. The maximum atomic E-state index is 14.1. The number of carbonyl (C=O) groups is 2. The first kappa shape index (κ1) is 18.7. The van der Waals surface area contributed by atoms with Crippen molar-refractivity contribution in [3.63, 3.8) is 0 Å². The van der Waals surface area contributed by atoms with E-state index < -0.39 is 11.9 Å². The number of fused-ring (bicyclic) bond motifs is 1. The number of hydrogen-bond acceptors (Lipinski definition) is 5. The normalized spacial score (nSPS) is 16.1. The van der Waals surface area contributed by atoms with Crippen molar-refractivity contribution in [2.24, 2.45) is 0 Å². The Morgan fingerprint density at radius 1 is 1.34 bits per heavy atom. The van der Waals surface area contributed by atoms with Gasteiger partial charge in [0.2, 0.25) is 0 Å².